The third kappa shape index (κ3) is 8.41. The second-order valence-corrected chi connectivity index (χ2v) is 22.2. The van der Waals surface area contributed by atoms with E-state index in [2.05, 4.69) is 141 Å². The number of aromatic nitrogens is 3. The first-order valence-corrected chi connectivity index (χ1v) is 23.9. The van der Waals surface area contributed by atoms with Gasteiger partial charge in [-0.2, -0.15) is 0 Å². The van der Waals surface area contributed by atoms with E-state index in [0.717, 1.165) is 66.6 Å². The number of rotatable bonds is 7. The summed E-state index contributed by atoms with van der Waals surface area (Å²) >= 11 is 1.58. The molecule has 0 saturated carbocycles. The molecule has 9 aromatic rings. The normalized spacial score (nSPS) is 11.5. The molecule has 0 aliphatic heterocycles. The van der Waals surface area contributed by atoms with E-state index in [1.54, 1.807) is 17.4 Å². The van der Waals surface area contributed by atoms with Crippen molar-refractivity contribution in [2.45, 2.75) is 53.8 Å². The largest absolute Gasteiger partial charge is 0.333 e. The number of imidazole rings is 1. The van der Waals surface area contributed by atoms with Crippen LogP contribution in [0.25, 0.3) is 71.4 Å². The van der Waals surface area contributed by atoms with E-state index in [0.29, 0.717) is 5.92 Å². The molecule has 0 atom stereocenters. The zero-order valence-corrected chi connectivity index (χ0v) is 38.2. The second-order valence-electron chi connectivity index (χ2n) is 16.3. The van der Waals surface area contributed by atoms with Crippen molar-refractivity contribution in [2.75, 3.05) is 0 Å². The Balaban J connectivity index is 0.000000208. The van der Waals surface area contributed by atoms with E-state index in [4.69, 9.17) is 4.98 Å². The minimum Gasteiger partial charge on any atom is -0.333 e. The van der Waals surface area contributed by atoms with Crippen molar-refractivity contribution in [3.8, 4) is 39.5 Å². The number of aryl methyl sites for hydroxylation is 2. The Morgan fingerprint density at radius 2 is 1.52 bits per heavy atom. The number of pyridine rings is 1. The minimum atomic E-state index is -1.34. The molecule has 293 valence electrons. The maximum absolute atomic E-state index is 14.0. The molecule has 0 spiro atoms. The third-order valence-electron chi connectivity index (χ3n) is 10.5. The van der Waals surface area contributed by atoms with Gasteiger partial charge in [0.15, 0.2) is 0 Å². The van der Waals surface area contributed by atoms with Crippen molar-refractivity contribution < 1.29 is 24.5 Å². The topological polar surface area (TPSA) is 30.7 Å². The average molecular weight is 972 g/mol. The molecule has 3 nitrogen and oxygen atoms in total. The predicted molar refractivity (Wildman–Crippen MR) is 243 cm³/mol. The number of thiophene rings is 1. The Kier molecular flexibility index (Phi) is 12.1. The monoisotopic (exact) mass is 972 g/mol. The Hall–Kier alpha value is -5.04. The molecule has 0 bridgehead atoms. The van der Waals surface area contributed by atoms with Gasteiger partial charge in [0.05, 0.1) is 24.9 Å². The molecule has 0 fully saturated rings. The van der Waals surface area contributed by atoms with Crippen LogP contribution in [0.3, 0.4) is 0 Å². The summed E-state index contributed by atoms with van der Waals surface area (Å²) in [4.78, 5) is 9.77. The van der Waals surface area contributed by atoms with Crippen LogP contribution < -0.4 is 5.19 Å². The van der Waals surface area contributed by atoms with Gasteiger partial charge in [0.25, 0.3) is 0 Å². The number of hydrogen-bond acceptors (Lipinski definition) is 3. The van der Waals surface area contributed by atoms with Crippen LogP contribution in [0.2, 0.25) is 19.6 Å². The molecule has 7 heteroatoms. The first-order chi connectivity index (χ1) is 27.4. The standard InChI is InChI=1S/C33H22FN2S.C18H24NSi.Ir/c1-20-14-26(15-21(2)32(20)22-8-4-3-5-9-22)36-30-11-7-6-10-29(30)35-33(36)28-19-37-31-18-23-12-13-25(34)16-24(23)17-27(28)31;1-14(2)11-16-12-17(15-9-7-6-8-10-15)19-13-18(16)20(3,4)5;/h3-18H,1-2H3;6-9,12-14H,11H2,1-5H3;/q2*-1;. The number of benzene rings is 6. The maximum atomic E-state index is 14.0. The molecule has 1 radical (unpaired) electrons. The maximum Gasteiger partial charge on any atom is 0.123 e. The second kappa shape index (κ2) is 17.0. The van der Waals surface area contributed by atoms with Gasteiger partial charge < -0.3 is 9.55 Å². The summed E-state index contributed by atoms with van der Waals surface area (Å²) in [6, 6.07) is 46.0. The number of para-hydroxylation sites is 2. The van der Waals surface area contributed by atoms with Gasteiger partial charge in [0.1, 0.15) is 5.82 Å². The van der Waals surface area contributed by atoms with E-state index >= 15 is 0 Å². The molecule has 0 amide bonds. The van der Waals surface area contributed by atoms with Gasteiger partial charge in [0.2, 0.25) is 0 Å². The van der Waals surface area contributed by atoms with Crippen molar-refractivity contribution in [1.82, 2.24) is 14.5 Å². The average Bonchev–Trinajstić information content (AvgIpc) is 3.78. The molecule has 6 aromatic carbocycles. The van der Waals surface area contributed by atoms with Crippen LogP contribution in [-0.4, -0.2) is 22.6 Å². The first kappa shape index (κ1) is 41.1. The summed E-state index contributed by atoms with van der Waals surface area (Å²) in [6.45, 7) is 16.1. The fraction of sp³-hybridized carbons (Fsp3) is 0.176. The molecule has 58 heavy (non-hydrogen) atoms. The van der Waals surface area contributed by atoms with E-state index in [1.165, 1.54) is 39.1 Å². The zero-order chi connectivity index (χ0) is 39.8. The van der Waals surface area contributed by atoms with Crippen molar-refractivity contribution in [1.29, 1.82) is 0 Å². The first-order valence-electron chi connectivity index (χ1n) is 19.6. The number of nitrogens with zero attached hydrogens (tertiary/aromatic N) is 3. The summed E-state index contributed by atoms with van der Waals surface area (Å²) < 4.78 is 17.4. The SMILES string of the molecule is CC(C)Cc1cc(-c2[c-]cccc2)ncc1[Si](C)(C)C.Cc1cc(-n2c(-c3[c-]sc4cc5ccc(F)cc5cc34)nc3ccccc32)cc(C)c1-c1ccccc1.[Ir]. The van der Waals surface area contributed by atoms with Gasteiger partial charge in [-0.3, -0.25) is 16.3 Å². The van der Waals surface area contributed by atoms with E-state index in [1.807, 2.05) is 48.5 Å². The van der Waals surface area contributed by atoms with Gasteiger partial charge in [-0.25, -0.2) is 4.39 Å². The molecule has 0 N–H and O–H groups in total. The van der Waals surface area contributed by atoms with Gasteiger partial charge in [0, 0.05) is 32.0 Å². The summed E-state index contributed by atoms with van der Waals surface area (Å²) in [5.41, 5.74) is 12.5. The number of hydrogen-bond donors (Lipinski definition) is 0. The van der Waals surface area contributed by atoms with E-state index in [-0.39, 0.29) is 25.9 Å². The van der Waals surface area contributed by atoms with Crippen LogP contribution in [0, 0.1) is 37.0 Å². The summed E-state index contributed by atoms with van der Waals surface area (Å²) in [6.07, 6.45) is 3.24. The number of fused-ring (bicyclic) bond motifs is 3. The van der Waals surface area contributed by atoms with Crippen LogP contribution in [-0.2, 0) is 26.5 Å². The Labute approximate surface area is 360 Å². The molecular weight excluding hydrogens is 926 g/mol. The molecule has 0 saturated heterocycles. The Bertz CT molecular complexity index is 2850. The fourth-order valence-corrected chi connectivity index (χ4v) is 10.4. The van der Waals surface area contributed by atoms with Crippen molar-refractivity contribution in [3.63, 3.8) is 0 Å². The van der Waals surface area contributed by atoms with Gasteiger partial charge >= 0.3 is 0 Å². The van der Waals surface area contributed by atoms with Gasteiger partial charge in [-0.15, -0.1) is 41.3 Å². The van der Waals surface area contributed by atoms with Crippen molar-refractivity contribution in [2.24, 2.45) is 5.92 Å². The third-order valence-corrected chi connectivity index (χ3v) is 13.4. The van der Waals surface area contributed by atoms with Gasteiger partial charge in [-0.05, 0) is 106 Å². The predicted octanol–water partition coefficient (Wildman–Crippen LogP) is 13.6. The number of halogens is 1. The molecule has 9 rings (SSSR count). The minimum absolute atomic E-state index is 0. The molecule has 0 unspecified atom stereocenters. The molecular formula is C51H46FIrN3SSi-2. The van der Waals surface area contributed by atoms with E-state index in [9.17, 15) is 4.39 Å². The summed E-state index contributed by atoms with van der Waals surface area (Å²) in [5.74, 6) is 1.28. The molecule has 3 heterocycles. The fourth-order valence-electron chi connectivity index (χ4n) is 7.92. The summed E-state index contributed by atoms with van der Waals surface area (Å²) in [7, 11) is -1.34. The van der Waals surface area contributed by atoms with Crippen LogP contribution >= 0.6 is 11.3 Å². The van der Waals surface area contributed by atoms with Crippen LogP contribution in [0.5, 0.6) is 0 Å². The smallest absolute Gasteiger partial charge is 0.123 e. The van der Waals surface area contributed by atoms with Crippen LogP contribution in [0.1, 0.15) is 30.5 Å². The van der Waals surface area contributed by atoms with Crippen molar-refractivity contribution in [3.05, 3.63) is 168 Å². The van der Waals surface area contributed by atoms with Crippen molar-refractivity contribution >= 4 is 56.5 Å². The Morgan fingerprint density at radius 3 is 2.22 bits per heavy atom. The molecule has 0 aliphatic carbocycles. The molecule has 0 aliphatic rings. The van der Waals surface area contributed by atoms with Gasteiger partial charge in [-0.1, -0.05) is 121 Å². The van der Waals surface area contributed by atoms with Crippen LogP contribution in [0.4, 0.5) is 4.39 Å². The van der Waals surface area contributed by atoms with Crippen LogP contribution in [0.15, 0.2) is 134 Å². The summed E-state index contributed by atoms with van der Waals surface area (Å²) in [5, 5.41) is 7.95. The van der Waals surface area contributed by atoms with E-state index < -0.39 is 8.07 Å². The quantitative estimate of drug-likeness (QED) is 0.118. The zero-order valence-electron chi connectivity index (χ0n) is 33.9. The Morgan fingerprint density at radius 1 is 0.793 bits per heavy atom. The molecule has 3 aromatic heterocycles.